The van der Waals surface area contributed by atoms with Gasteiger partial charge >= 0.3 is 0 Å². The molecule has 0 radical (unpaired) electrons. The summed E-state index contributed by atoms with van der Waals surface area (Å²) in [6.45, 7) is 8.07. The quantitative estimate of drug-likeness (QED) is 0.795. The van der Waals surface area contributed by atoms with Crippen LogP contribution >= 0.6 is 0 Å². The molecule has 3 aliphatic heterocycles. The van der Waals surface area contributed by atoms with Gasteiger partial charge in [0.05, 0.1) is 0 Å². The van der Waals surface area contributed by atoms with Crippen molar-refractivity contribution >= 4 is 11.6 Å². The molecule has 1 aromatic rings. The van der Waals surface area contributed by atoms with Gasteiger partial charge in [-0.2, -0.15) is 0 Å². The summed E-state index contributed by atoms with van der Waals surface area (Å²) in [5.74, 6) is 0.0427. The Morgan fingerprint density at radius 2 is 1.83 bits per heavy atom. The lowest BCUT2D eigenvalue weighted by molar-refractivity contribution is -0.134. The highest BCUT2D eigenvalue weighted by Gasteiger charge is 2.52. The smallest absolute Gasteiger partial charge is 0.240 e. The van der Waals surface area contributed by atoms with Gasteiger partial charge in [-0.15, -0.1) is 0 Å². The van der Waals surface area contributed by atoms with E-state index in [1.54, 1.807) is 0 Å². The van der Waals surface area contributed by atoms with Crippen LogP contribution in [-0.2, 0) is 4.79 Å². The number of hydrogen-bond acceptors (Lipinski definition) is 4. The van der Waals surface area contributed by atoms with Crippen molar-refractivity contribution in [2.75, 3.05) is 31.1 Å². The summed E-state index contributed by atoms with van der Waals surface area (Å²) in [5, 5.41) is 7.06. The molecule has 0 bridgehead atoms. The molecule has 4 rings (SSSR count). The van der Waals surface area contributed by atoms with Crippen LogP contribution in [0.2, 0.25) is 0 Å². The molecule has 6 heteroatoms. The Bertz CT molecular complexity index is 701. The molecular weight excluding hydrogens is 367 g/mol. The predicted molar refractivity (Wildman–Crippen MR) is 115 cm³/mol. The van der Waals surface area contributed by atoms with E-state index in [2.05, 4.69) is 20.4 Å². The number of piperidine rings is 2. The number of carbonyl (C=O) groups excluding carboxylic acids is 1. The van der Waals surface area contributed by atoms with Gasteiger partial charge in [0.25, 0.3) is 0 Å². The van der Waals surface area contributed by atoms with E-state index in [1.807, 2.05) is 26.0 Å². The number of benzene rings is 1. The minimum absolute atomic E-state index is 0.182. The number of carbonyl (C=O) groups is 1. The van der Waals surface area contributed by atoms with Crippen LogP contribution in [0, 0.1) is 5.82 Å². The minimum atomic E-state index is -0.311. The summed E-state index contributed by atoms with van der Waals surface area (Å²) in [7, 11) is 0. The van der Waals surface area contributed by atoms with Gasteiger partial charge in [-0.25, -0.2) is 4.39 Å². The third-order valence-corrected chi connectivity index (χ3v) is 6.90. The van der Waals surface area contributed by atoms with E-state index in [0.717, 1.165) is 64.0 Å². The Kier molecular flexibility index (Phi) is 6.11. The molecule has 0 spiro atoms. The summed E-state index contributed by atoms with van der Waals surface area (Å²) >= 11 is 0. The van der Waals surface area contributed by atoms with Crippen LogP contribution < -0.4 is 15.5 Å². The van der Waals surface area contributed by atoms with Gasteiger partial charge in [0, 0.05) is 43.4 Å². The summed E-state index contributed by atoms with van der Waals surface area (Å²) in [6.07, 6.45) is 6.40. The molecule has 2 N–H and O–H groups in total. The molecule has 0 aliphatic carbocycles. The topological polar surface area (TPSA) is 47.6 Å². The van der Waals surface area contributed by atoms with Crippen LogP contribution in [0.1, 0.15) is 52.4 Å². The number of rotatable bonds is 5. The number of fused-ring (bicyclic) bond motifs is 1. The molecule has 1 aromatic carbocycles. The van der Waals surface area contributed by atoms with Gasteiger partial charge in [-0.1, -0.05) is 0 Å². The molecule has 3 fully saturated rings. The molecule has 1 amide bonds. The maximum Gasteiger partial charge on any atom is 0.240 e. The minimum Gasteiger partial charge on any atom is -0.371 e. The van der Waals surface area contributed by atoms with E-state index in [1.165, 1.54) is 18.6 Å². The van der Waals surface area contributed by atoms with Crippen LogP contribution in [0.5, 0.6) is 0 Å². The predicted octanol–water partition coefficient (Wildman–Crippen LogP) is 2.91. The monoisotopic (exact) mass is 402 g/mol. The molecule has 5 nitrogen and oxygen atoms in total. The van der Waals surface area contributed by atoms with E-state index >= 15 is 0 Å². The Balaban J connectivity index is 1.33. The van der Waals surface area contributed by atoms with Crippen molar-refractivity contribution in [3.05, 3.63) is 30.1 Å². The van der Waals surface area contributed by atoms with Gasteiger partial charge in [-0.05, 0) is 83.2 Å². The van der Waals surface area contributed by atoms with Crippen molar-refractivity contribution in [3.63, 3.8) is 0 Å². The third kappa shape index (κ3) is 4.43. The Hall–Kier alpha value is -1.66. The highest BCUT2D eigenvalue weighted by molar-refractivity contribution is 5.87. The van der Waals surface area contributed by atoms with E-state index in [-0.39, 0.29) is 23.3 Å². The Labute approximate surface area is 174 Å². The van der Waals surface area contributed by atoms with Crippen LogP contribution in [0.15, 0.2) is 24.3 Å². The van der Waals surface area contributed by atoms with E-state index in [4.69, 9.17) is 0 Å². The zero-order valence-corrected chi connectivity index (χ0v) is 17.8. The lowest BCUT2D eigenvalue weighted by atomic mass is 9.84. The molecule has 3 heterocycles. The lowest BCUT2D eigenvalue weighted by Crippen LogP contribution is -2.58. The molecule has 0 saturated carbocycles. The number of anilines is 1. The molecule has 0 unspecified atom stereocenters. The SMILES string of the molecule is CC(C)NC(=O)[C@]12CCCCN1C[C@@H](NC1CCN(c3ccc(F)cc3)CC1)C2. The molecule has 3 saturated heterocycles. The summed E-state index contributed by atoms with van der Waals surface area (Å²) in [5.41, 5.74) is 0.793. The fraction of sp³-hybridized carbons (Fsp3) is 0.696. The van der Waals surface area contributed by atoms with Crippen LogP contribution in [0.25, 0.3) is 0 Å². The molecule has 3 aliphatic rings. The number of hydrogen-bond donors (Lipinski definition) is 2. The second-order valence-electron chi connectivity index (χ2n) is 9.37. The summed E-state index contributed by atoms with van der Waals surface area (Å²) < 4.78 is 13.2. The van der Waals surface area contributed by atoms with Crippen molar-refractivity contribution in [2.45, 2.75) is 76.0 Å². The number of amides is 1. The number of nitrogens with zero attached hydrogens (tertiary/aromatic N) is 2. The second kappa shape index (κ2) is 8.60. The molecule has 29 heavy (non-hydrogen) atoms. The van der Waals surface area contributed by atoms with Gasteiger partial charge < -0.3 is 15.5 Å². The molecule has 2 atom stereocenters. The van der Waals surface area contributed by atoms with E-state index < -0.39 is 0 Å². The fourth-order valence-corrected chi connectivity index (χ4v) is 5.48. The first-order valence-corrected chi connectivity index (χ1v) is 11.3. The van der Waals surface area contributed by atoms with E-state index in [0.29, 0.717) is 12.1 Å². The Morgan fingerprint density at radius 3 is 2.52 bits per heavy atom. The average Bonchev–Trinajstić information content (AvgIpc) is 3.08. The number of halogens is 1. The largest absolute Gasteiger partial charge is 0.371 e. The standard InChI is InChI=1S/C23H35FN4O/c1-17(2)25-22(29)23-11-3-4-12-28(23)16-20(15-23)26-19-9-13-27(14-10-19)21-7-5-18(24)6-8-21/h5-8,17,19-20,26H,3-4,9-16H2,1-2H3,(H,25,29)/t20-,23+/m0/s1. The highest BCUT2D eigenvalue weighted by atomic mass is 19.1. The number of nitrogens with one attached hydrogen (secondary N) is 2. The lowest BCUT2D eigenvalue weighted by Gasteiger charge is -2.41. The third-order valence-electron chi connectivity index (χ3n) is 6.90. The van der Waals surface area contributed by atoms with Gasteiger partial charge in [0.15, 0.2) is 0 Å². The molecule has 160 valence electrons. The zero-order chi connectivity index (χ0) is 20.4. The first-order chi connectivity index (χ1) is 14.0. The van der Waals surface area contributed by atoms with Crippen molar-refractivity contribution in [1.82, 2.24) is 15.5 Å². The maximum atomic E-state index is 13.2. The maximum absolute atomic E-state index is 13.2. The van der Waals surface area contributed by atoms with Gasteiger partial charge in [0.1, 0.15) is 11.4 Å². The second-order valence-corrected chi connectivity index (χ2v) is 9.37. The average molecular weight is 403 g/mol. The van der Waals surface area contributed by atoms with Crippen LogP contribution in [0.3, 0.4) is 0 Å². The van der Waals surface area contributed by atoms with Crippen molar-refractivity contribution in [2.24, 2.45) is 0 Å². The first-order valence-electron chi connectivity index (χ1n) is 11.3. The normalized spacial score (nSPS) is 28.6. The fourth-order valence-electron chi connectivity index (χ4n) is 5.48. The van der Waals surface area contributed by atoms with Crippen LogP contribution in [0.4, 0.5) is 10.1 Å². The highest BCUT2D eigenvalue weighted by Crippen LogP contribution is 2.38. The molecular formula is C23H35FN4O. The zero-order valence-electron chi connectivity index (χ0n) is 17.8. The van der Waals surface area contributed by atoms with Gasteiger partial charge in [0.2, 0.25) is 5.91 Å². The Morgan fingerprint density at radius 1 is 1.10 bits per heavy atom. The summed E-state index contributed by atoms with van der Waals surface area (Å²) in [4.78, 5) is 17.8. The van der Waals surface area contributed by atoms with Crippen molar-refractivity contribution < 1.29 is 9.18 Å². The van der Waals surface area contributed by atoms with Crippen molar-refractivity contribution in [1.29, 1.82) is 0 Å². The first kappa shape index (κ1) is 20.6. The van der Waals surface area contributed by atoms with Crippen LogP contribution in [-0.4, -0.2) is 60.7 Å². The van der Waals surface area contributed by atoms with Crippen molar-refractivity contribution in [3.8, 4) is 0 Å². The van der Waals surface area contributed by atoms with E-state index in [9.17, 15) is 9.18 Å². The summed E-state index contributed by atoms with van der Waals surface area (Å²) in [6, 6.07) is 7.87. The molecule has 0 aromatic heterocycles. The van der Waals surface area contributed by atoms with Gasteiger partial charge in [-0.3, -0.25) is 9.69 Å².